The molecule has 0 unspecified atom stereocenters. The van der Waals surface area contributed by atoms with Crippen LogP contribution in [0.3, 0.4) is 0 Å². The van der Waals surface area contributed by atoms with Crippen molar-refractivity contribution in [1.82, 2.24) is 5.32 Å². The number of thiocarbonyl (C=S) groups is 1. The largest absolute Gasteiger partial charge is 1.00 e. The monoisotopic (exact) mass is 193 g/mol. The van der Waals surface area contributed by atoms with Crippen molar-refractivity contribution in [2.24, 2.45) is 0 Å². The Labute approximate surface area is 94.3 Å². The molecule has 0 fully saturated rings. The minimum atomic E-state index is 0. The summed E-state index contributed by atoms with van der Waals surface area (Å²) in [6, 6.07) is 0.380. The Balaban J connectivity index is -0.0000000600. The van der Waals surface area contributed by atoms with Crippen molar-refractivity contribution in [2.75, 3.05) is 0 Å². The van der Waals surface area contributed by atoms with Gasteiger partial charge >= 0.3 is 29.6 Å². The smallest absolute Gasteiger partial charge is 0.412 e. The average molecular weight is 193 g/mol. The SMILES string of the molecule is CC(C)NC(=S)[S-].O.O.[Na+]. The van der Waals surface area contributed by atoms with Crippen LogP contribution < -0.4 is 34.9 Å². The van der Waals surface area contributed by atoms with Crippen molar-refractivity contribution in [1.29, 1.82) is 0 Å². The average Bonchev–Trinajstić information content (AvgIpc) is 1.27. The fourth-order valence-electron chi connectivity index (χ4n) is 0.236. The van der Waals surface area contributed by atoms with Crippen molar-refractivity contribution in [2.45, 2.75) is 19.9 Å². The summed E-state index contributed by atoms with van der Waals surface area (Å²) < 4.78 is 0.454. The molecule has 0 aliphatic rings. The van der Waals surface area contributed by atoms with E-state index in [1.807, 2.05) is 13.8 Å². The molecular formula is C4H12NNaO2S2. The van der Waals surface area contributed by atoms with Gasteiger partial charge in [0, 0.05) is 6.04 Å². The first-order chi connectivity index (χ1) is 3.13. The molecular weight excluding hydrogens is 181 g/mol. The van der Waals surface area contributed by atoms with E-state index < -0.39 is 0 Å². The maximum atomic E-state index is 4.58. The Morgan fingerprint density at radius 3 is 1.70 bits per heavy atom. The van der Waals surface area contributed by atoms with Crippen molar-refractivity contribution >= 4 is 29.2 Å². The van der Waals surface area contributed by atoms with Crippen molar-refractivity contribution in [3.63, 3.8) is 0 Å². The Morgan fingerprint density at radius 2 is 1.70 bits per heavy atom. The molecule has 0 aromatic carbocycles. The molecule has 0 aromatic rings. The fourth-order valence-corrected chi connectivity index (χ4v) is 0.707. The van der Waals surface area contributed by atoms with E-state index in [1.54, 1.807) is 0 Å². The van der Waals surface area contributed by atoms with Crippen LogP contribution >= 0.6 is 12.2 Å². The molecule has 6 heteroatoms. The second-order valence-corrected chi connectivity index (χ2v) is 2.66. The standard InChI is InChI=1S/C4H9NS2.Na.2H2O/c1-3(2)5-4(6)7;;;/h3H,1-2H3,(H2,5,6,7);;2*1H2/q;+1;;/p-1. The molecule has 5 N–H and O–H groups in total. The summed E-state index contributed by atoms with van der Waals surface area (Å²) in [6.07, 6.45) is 0. The molecule has 0 aromatic heterocycles. The van der Waals surface area contributed by atoms with Crippen LogP contribution in [0.1, 0.15) is 13.8 Å². The number of rotatable bonds is 1. The Bertz CT molecular complexity index is 81.7. The van der Waals surface area contributed by atoms with Crippen molar-refractivity contribution in [3.8, 4) is 0 Å². The van der Waals surface area contributed by atoms with Crippen LogP contribution in [0.2, 0.25) is 0 Å². The van der Waals surface area contributed by atoms with E-state index in [9.17, 15) is 0 Å². The Morgan fingerprint density at radius 1 is 1.40 bits per heavy atom. The van der Waals surface area contributed by atoms with Gasteiger partial charge in [0.2, 0.25) is 0 Å². The van der Waals surface area contributed by atoms with E-state index in [0.29, 0.717) is 10.4 Å². The molecule has 10 heavy (non-hydrogen) atoms. The van der Waals surface area contributed by atoms with E-state index in [1.165, 1.54) is 0 Å². The van der Waals surface area contributed by atoms with Crippen LogP contribution in [0.4, 0.5) is 0 Å². The summed E-state index contributed by atoms with van der Waals surface area (Å²) in [5.41, 5.74) is 0. The Hall–Kier alpha value is 1.03. The third-order valence-corrected chi connectivity index (χ3v) is 0.642. The first-order valence-corrected chi connectivity index (χ1v) is 2.92. The van der Waals surface area contributed by atoms with Gasteiger partial charge in [-0.3, -0.25) is 0 Å². The normalized spacial score (nSPS) is 6.30. The topological polar surface area (TPSA) is 75.0 Å². The molecule has 3 nitrogen and oxygen atoms in total. The zero-order chi connectivity index (χ0) is 5.86. The van der Waals surface area contributed by atoms with Crippen LogP contribution in [0.5, 0.6) is 0 Å². The summed E-state index contributed by atoms with van der Waals surface area (Å²) in [6.45, 7) is 4.00. The first kappa shape index (κ1) is 22.5. The Kier molecular flexibility index (Phi) is 28.5. The molecule has 0 aliphatic carbocycles. The molecule has 0 amide bonds. The van der Waals surface area contributed by atoms with Crippen LogP contribution in [-0.2, 0) is 12.6 Å². The first-order valence-electron chi connectivity index (χ1n) is 2.10. The van der Waals surface area contributed by atoms with Gasteiger partial charge in [-0.05, 0) is 13.8 Å². The quantitative estimate of drug-likeness (QED) is 0.263. The molecule has 58 valence electrons. The molecule has 0 heterocycles. The van der Waals surface area contributed by atoms with Gasteiger partial charge in [0.05, 0.1) is 0 Å². The van der Waals surface area contributed by atoms with Crippen molar-refractivity contribution in [3.05, 3.63) is 0 Å². The maximum Gasteiger partial charge on any atom is 1.00 e. The zero-order valence-corrected chi connectivity index (χ0v) is 10.0. The third-order valence-electron chi connectivity index (χ3n) is 0.407. The summed E-state index contributed by atoms with van der Waals surface area (Å²) in [4.78, 5) is 0. The van der Waals surface area contributed by atoms with Crippen LogP contribution in [-0.4, -0.2) is 21.3 Å². The molecule has 0 rings (SSSR count). The molecule has 0 saturated heterocycles. The van der Waals surface area contributed by atoms with Gasteiger partial charge < -0.3 is 41.1 Å². The van der Waals surface area contributed by atoms with E-state index in [-0.39, 0.29) is 40.5 Å². The molecule has 0 spiro atoms. The van der Waals surface area contributed by atoms with Crippen molar-refractivity contribution < 1.29 is 40.5 Å². The van der Waals surface area contributed by atoms with E-state index >= 15 is 0 Å². The fraction of sp³-hybridized carbons (Fsp3) is 0.750. The summed E-state index contributed by atoms with van der Waals surface area (Å²) in [5, 5.41) is 2.85. The molecule has 0 saturated carbocycles. The minimum absolute atomic E-state index is 0. The molecule has 0 aliphatic heterocycles. The zero-order valence-electron chi connectivity index (χ0n) is 6.39. The second kappa shape index (κ2) is 12.7. The molecule has 0 radical (unpaired) electrons. The van der Waals surface area contributed by atoms with Crippen LogP contribution in [0.15, 0.2) is 0 Å². The minimum Gasteiger partial charge on any atom is -0.412 e. The van der Waals surface area contributed by atoms with Crippen LogP contribution in [0, 0.1) is 0 Å². The van der Waals surface area contributed by atoms with Gasteiger partial charge in [0.15, 0.2) is 0 Å². The van der Waals surface area contributed by atoms with Gasteiger partial charge in [-0.1, -0.05) is 4.32 Å². The van der Waals surface area contributed by atoms with Gasteiger partial charge in [0.1, 0.15) is 0 Å². The third kappa shape index (κ3) is 23.0. The van der Waals surface area contributed by atoms with Crippen LogP contribution in [0.25, 0.3) is 0 Å². The van der Waals surface area contributed by atoms with Gasteiger partial charge in [-0.25, -0.2) is 0 Å². The van der Waals surface area contributed by atoms with E-state index in [4.69, 9.17) is 0 Å². The predicted molar refractivity (Wildman–Crippen MR) is 45.5 cm³/mol. The maximum absolute atomic E-state index is 4.58. The molecule has 0 atom stereocenters. The number of hydrogen-bond acceptors (Lipinski definition) is 2. The van der Waals surface area contributed by atoms with Gasteiger partial charge in [-0.2, -0.15) is 0 Å². The summed E-state index contributed by atoms with van der Waals surface area (Å²) >= 11 is 9.15. The number of hydrogen-bond donors (Lipinski definition) is 1. The summed E-state index contributed by atoms with van der Waals surface area (Å²) in [7, 11) is 0. The predicted octanol–water partition coefficient (Wildman–Crippen LogP) is -3.83. The molecule has 0 bridgehead atoms. The van der Waals surface area contributed by atoms with E-state index in [2.05, 4.69) is 30.2 Å². The number of nitrogens with one attached hydrogen (secondary N) is 1. The van der Waals surface area contributed by atoms with E-state index in [0.717, 1.165) is 0 Å². The van der Waals surface area contributed by atoms with Gasteiger partial charge in [0.25, 0.3) is 0 Å². The summed E-state index contributed by atoms with van der Waals surface area (Å²) in [5.74, 6) is 0. The second-order valence-electron chi connectivity index (χ2n) is 1.59. The van der Waals surface area contributed by atoms with Gasteiger partial charge in [-0.15, -0.1) is 0 Å².